The molecule has 6 nitrogen and oxygen atoms in total. The number of amides is 1. The molecule has 1 amide bonds. The quantitative estimate of drug-likeness (QED) is 0.545. The van der Waals surface area contributed by atoms with Gasteiger partial charge in [-0.05, 0) is 36.8 Å². The third kappa shape index (κ3) is 4.40. The Hall–Kier alpha value is -2.32. The van der Waals surface area contributed by atoms with E-state index in [9.17, 15) is 9.90 Å². The summed E-state index contributed by atoms with van der Waals surface area (Å²) in [5.74, 6) is 0.612. The number of aromatic nitrogens is 3. The second-order valence-electron chi connectivity index (χ2n) is 5.28. The second-order valence-corrected chi connectivity index (χ2v) is 7.14. The summed E-state index contributed by atoms with van der Waals surface area (Å²) in [5.41, 5.74) is 2.34. The Bertz CT molecular complexity index is 913. The molecule has 0 spiro atoms. The lowest BCUT2D eigenvalue weighted by atomic mass is 10.2. The van der Waals surface area contributed by atoms with Crippen molar-refractivity contribution in [1.29, 1.82) is 0 Å². The predicted molar refractivity (Wildman–Crippen MR) is 102 cm³/mol. The average Bonchev–Trinajstić information content (AvgIpc) is 3.06. The van der Waals surface area contributed by atoms with E-state index in [2.05, 4.69) is 36.4 Å². The van der Waals surface area contributed by atoms with E-state index in [-0.39, 0.29) is 17.4 Å². The molecule has 0 saturated carbocycles. The number of halogens is 1. The first kappa shape index (κ1) is 17.5. The summed E-state index contributed by atoms with van der Waals surface area (Å²) in [7, 11) is 0. The van der Waals surface area contributed by atoms with Gasteiger partial charge in [0.25, 0.3) is 0 Å². The second kappa shape index (κ2) is 7.71. The Balaban J connectivity index is 1.63. The largest absolute Gasteiger partial charge is 0.507 e. The Kier molecular flexibility index (Phi) is 5.40. The zero-order valence-corrected chi connectivity index (χ0v) is 15.7. The number of aromatic hydroxyl groups is 1. The molecule has 0 atom stereocenters. The zero-order chi connectivity index (χ0) is 17.8. The number of anilines is 1. The van der Waals surface area contributed by atoms with Crippen molar-refractivity contribution >= 4 is 39.3 Å². The van der Waals surface area contributed by atoms with E-state index >= 15 is 0 Å². The summed E-state index contributed by atoms with van der Waals surface area (Å²) >= 11 is 4.58. The molecule has 2 aromatic carbocycles. The van der Waals surface area contributed by atoms with Gasteiger partial charge < -0.3 is 10.4 Å². The van der Waals surface area contributed by atoms with Crippen LogP contribution in [0.15, 0.2) is 52.1 Å². The number of thioether (sulfide) groups is 1. The lowest BCUT2D eigenvalue weighted by molar-refractivity contribution is -0.113. The lowest BCUT2D eigenvalue weighted by Gasteiger charge is -2.06. The van der Waals surface area contributed by atoms with Crippen molar-refractivity contribution in [2.24, 2.45) is 0 Å². The topological polar surface area (TPSA) is 90.9 Å². The third-order valence-electron chi connectivity index (χ3n) is 3.43. The number of carbonyl (C=O) groups is 1. The number of nitrogens with zero attached hydrogens (tertiary/aromatic N) is 2. The van der Waals surface area contributed by atoms with Crippen LogP contribution in [0.3, 0.4) is 0 Å². The van der Waals surface area contributed by atoms with Gasteiger partial charge in [-0.15, -0.1) is 5.10 Å². The minimum Gasteiger partial charge on any atom is -0.507 e. The number of H-pyrrole nitrogens is 1. The number of rotatable bonds is 5. The van der Waals surface area contributed by atoms with E-state index in [1.165, 1.54) is 11.8 Å². The molecule has 0 radical (unpaired) electrons. The van der Waals surface area contributed by atoms with Gasteiger partial charge in [-0.2, -0.15) is 0 Å². The number of benzene rings is 2. The van der Waals surface area contributed by atoms with Crippen LogP contribution in [0.1, 0.15) is 5.56 Å². The van der Waals surface area contributed by atoms with Gasteiger partial charge in [-0.25, -0.2) is 4.98 Å². The minimum atomic E-state index is -0.129. The number of phenols is 1. The number of hydrogen-bond donors (Lipinski definition) is 3. The van der Waals surface area contributed by atoms with Crippen LogP contribution in [0.5, 0.6) is 5.75 Å². The molecule has 0 aliphatic carbocycles. The number of carbonyl (C=O) groups excluding carboxylic acids is 1. The molecule has 0 aliphatic rings. The minimum absolute atomic E-state index is 0.105. The highest BCUT2D eigenvalue weighted by Crippen LogP contribution is 2.30. The Morgan fingerprint density at radius 1 is 1.32 bits per heavy atom. The van der Waals surface area contributed by atoms with Crippen molar-refractivity contribution in [2.45, 2.75) is 12.1 Å². The number of aryl methyl sites for hydroxylation is 1. The van der Waals surface area contributed by atoms with Gasteiger partial charge in [0.05, 0.1) is 11.3 Å². The molecule has 8 heteroatoms. The van der Waals surface area contributed by atoms with E-state index in [0.717, 1.165) is 15.7 Å². The fourth-order valence-electron chi connectivity index (χ4n) is 2.16. The summed E-state index contributed by atoms with van der Waals surface area (Å²) < 4.78 is 0.823. The fraction of sp³-hybridized carbons (Fsp3) is 0.118. The first-order chi connectivity index (χ1) is 12.0. The molecule has 0 fully saturated rings. The summed E-state index contributed by atoms with van der Waals surface area (Å²) in [4.78, 5) is 16.4. The van der Waals surface area contributed by atoms with Crippen molar-refractivity contribution < 1.29 is 9.90 Å². The molecule has 0 aliphatic heterocycles. The van der Waals surface area contributed by atoms with Crippen molar-refractivity contribution in [3.8, 4) is 17.1 Å². The van der Waals surface area contributed by atoms with Crippen LogP contribution in [-0.2, 0) is 4.79 Å². The molecular weight excluding hydrogens is 404 g/mol. The summed E-state index contributed by atoms with van der Waals surface area (Å²) in [6, 6.07) is 12.7. The van der Waals surface area contributed by atoms with Crippen molar-refractivity contribution in [2.75, 3.05) is 11.1 Å². The lowest BCUT2D eigenvalue weighted by Crippen LogP contribution is -2.14. The Morgan fingerprint density at radius 3 is 2.92 bits per heavy atom. The maximum atomic E-state index is 12.1. The number of phenolic OH excluding ortho intramolecular Hbond substituents is 1. The van der Waals surface area contributed by atoms with Gasteiger partial charge in [0.2, 0.25) is 11.1 Å². The molecule has 1 aromatic heterocycles. The molecule has 25 heavy (non-hydrogen) atoms. The highest BCUT2D eigenvalue weighted by molar-refractivity contribution is 9.10. The van der Waals surface area contributed by atoms with Crippen LogP contribution < -0.4 is 5.32 Å². The highest BCUT2D eigenvalue weighted by Gasteiger charge is 2.12. The first-order valence-corrected chi connectivity index (χ1v) is 9.20. The maximum absolute atomic E-state index is 12.1. The van der Waals surface area contributed by atoms with E-state index in [4.69, 9.17) is 0 Å². The normalized spacial score (nSPS) is 10.6. The van der Waals surface area contributed by atoms with Gasteiger partial charge in [-0.1, -0.05) is 45.9 Å². The van der Waals surface area contributed by atoms with Crippen molar-refractivity contribution in [1.82, 2.24) is 15.2 Å². The van der Waals surface area contributed by atoms with Crippen LogP contribution in [0.2, 0.25) is 0 Å². The third-order valence-corrected chi connectivity index (χ3v) is 4.77. The molecule has 0 bridgehead atoms. The van der Waals surface area contributed by atoms with E-state index in [0.29, 0.717) is 16.5 Å². The van der Waals surface area contributed by atoms with Crippen molar-refractivity contribution in [3.05, 3.63) is 52.5 Å². The van der Waals surface area contributed by atoms with Crippen LogP contribution in [0.4, 0.5) is 5.69 Å². The van der Waals surface area contributed by atoms with Gasteiger partial charge in [0.1, 0.15) is 5.75 Å². The summed E-state index contributed by atoms with van der Waals surface area (Å²) in [6.45, 7) is 1.94. The van der Waals surface area contributed by atoms with E-state index in [1.807, 2.05) is 31.2 Å². The van der Waals surface area contributed by atoms with Crippen LogP contribution >= 0.6 is 27.7 Å². The highest BCUT2D eigenvalue weighted by atomic mass is 79.9. The fourth-order valence-corrected chi connectivity index (χ4v) is 3.12. The molecule has 3 rings (SSSR count). The van der Waals surface area contributed by atoms with Gasteiger partial charge in [0, 0.05) is 10.2 Å². The maximum Gasteiger partial charge on any atom is 0.234 e. The predicted octanol–water partition coefficient (Wildman–Crippen LogP) is 3.98. The molecular formula is C17H15BrN4O2S. The van der Waals surface area contributed by atoms with Crippen molar-refractivity contribution in [3.63, 3.8) is 0 Å². The standard InChI is InChI=1S/C17H15BrN4O2S/c1-10-4-2-3-5-13(10)19-15(24)9-25-17-20-16(21-22-17)12-8-11(18)6-7-14(12)23/h2-8,23H,9H2,1H3,(H,19,24)(H,20,21,22). The van der Waals surface area contributed by atoms with Gasteiger partial charge in [0.15, 0.2) is 5.82 Å². The smallest absolute Gasteiger partial charge is 0.234 e. The summed E-state index contributed by atoms with van der Waals surface area (Å²) in [6.07, 6.45) is 0. The van der Waals surface area contributed by atoms with Crippen LogP contribution in [0, 0.1) is 6.92 Å². The van der Waals surface area contributed by atoms with Crippen LogP contribution in [0.25, 0.3) is 11.4 Å². The summed E-state index contributed by atoms with van der Waals surface area (Å²) in [5, 5.41) is 20.1. The number of hydrogen-bond acceptors (Lipinski definition) is 5. The zero-order valence-electron chi connectivity index (χ0n) is 13.3. The molecule has 0 saturated heterocycles. The molecule has 0 unspecified atom stereocenters. The van der Waals surface area contributed by atoms with Gasteiger partial charge >= 0.3 is 0 Å². The first-order valence-electron chi connectivity index (χ1n) is 7.42. The number of para-hydroxylation sites is 1. The van der Waals surface area contributed by atoms with Crippen LogP contribution in [-0.4, -0.2) is 31.9 Å². The number of nitrogens with one attached hydrogen (secondary N) is 2. The average molecular weight is 419 g/mol. The number of aromatic amines is 1. The molecule has 128 valence electrons. The Labute approximate surface area is 157 Å². The van der Waals surface area contributed by atoms with E-state index in [1.54, 1.807) is 18.2 Å². The van der Waals surface area contributed by atoms with Gasteiger partial charge in [-0.3, -0.25) is 9.89 Å². The molecule has 3 N–H and O–H groups in total. The monoisotopic (exact) mass is 418 g/mol. The Morgan fingerprint density at radius 2 is 2.12 bits per heavy atom. The SMILES string of the molecule is Cc1ccccc1NC(=O)CSc1n[nH]c(-c2cc(Br)ccc2O)n1. The molecule has 1 heterocycles. The van der Waals surface area contributed by atoms with E-state index < -0.39 is 0 Å². The molecule has 3 aromatic rings.